The van der Waals surface area contributed by atoms with E-state index >= 15 is 0 Å². The van der Waals surface area contributed by atoms with Crippen LogP contribution in [0.25, 0.3) is 0 Å². The van der Waals surface area contributed by atoms with Crippen LogP contribution in [0.1, 0.15) is 23.1 Å². The Labute approximate surface area is 139 Å². The molecular formula is C14H16N4O5S. The summed E-state index contributed by atoms with van der Waals surface area (Å²) in [6, 6.07) is 5.76. The summed E-state index contributed by atoms with van der Waals surface area (Å²) in [6.45, 7) is 1.17. The molecule has 0 spiro atoms. The van der Waals surface area contributed by atoms with Crippen molar-refractivity contribution in [2.45, 2.75) is 18.4 Å². The molecule has 1 aromatic carbocycles. The van der Waals surface area contributed by atoms with Gasteiger partial charge in [-0.1, -0.05) is 12.1 Å². The first kappa shape index (κ1) is 17.8. The number of ether oxygens (including phenoxy) is 2. The minimum absolute atomic E-state index is 0.00891. The smallest absolute Gasteiger partial charge is 0.322 e. The number of hydrogen-bond donors (Lipinski definition) is 1. The van der Waals surface area contributed by atoms with E-state index in [1.807, 2.05) is 0 Å². The van der Waals surface area contributed by atoms with E-state index < -0.39 is 10.0 Å². The molecule has 0 saturated carbocycles. The predicted octanol–water partition coefficient (Wildman–Crippen LogP) is 0.570. The van der Waals surface area contributed by atoms with E-state index in [-0.39, 0.29) is 35.1 Å². The first-order valence-electron chi connectivity index (χ1n) is 6.79. The minimum atomic E-state index is -3.84. The van der Waals surface area contributed by atoms with Crippen LogP contribution in [-0.4, -0.2) is 43.4 Å². The van der Waals surface area contributed by atoms with Gasteiger partial charge in [-0.3, -0.25) is 4.79 Å². The molecule has 0 aliphatic rings. The molecule has 1 aromatic heterocycles. The van der Waals surface area contributed by atoms with Crippen LogP contribution in [0.5, 0.6) is 12.0 Å². The number of sulfonamides is 1. The van der Waals surface area contributed by atoms with Crippen molar-refractivity contribution >= 4 is 15.8 Å². The van der Waals surface area contributed by atoms with Crippen LogP contribution in [0.3, 0.4) is 0 Å². The summed E-state index contributed by atoms with van der Waals surface area (Å²) in [4.78, 5) is 23.0. The molecule has 2 aromatic rings. The summed E-state index contributed by atoms with van der Waals surface area (Å²) in [7, 11) is -1.10. The third kappa shape index (κ3) is 4.24. The number of benzene rings is 1. The van der Waals surface area contributed by atoms with Gasteiger partial charge in [0, 0.05) is 5.56 Å². The molecule has 0 aliphatic heterocycles. The molecule has 10 heteroatoms. The van der Waals surface area contributed by atoms with E-state index in [1.54, 1.807) is 6.07 Å². The zero-order chi connectivity index (χ0) is 17.7. The van der Waals surface area contributed by atoms with Crippen molar-refractivity contribution in [2.75, 3.05) is 14.2 Å². The van der Waals surface area contributed by atoms with Gasteiger partial charge < -0.3 is 9.47 Å². The Balaban J connectivity index is 2.21. The molecule has 24 heavy (non-hydrogen) atoms. The molecule has 1 N–H and O–H groups in total. The van der Waals surface area contributed by atoms with Crippen molar-refractivity contribution in [2.24, 2.45) is 0 Å². The summed E-state index contributed by atoms with van der Waals surface area (Å²) < 4.78 is 36.8. The number of ketones is 1. The molecular weight excluding hydrogens is 336 g/mol. The number of nitrogens with zero attached hydrogens (tertiary/aromatic N) is 3. The van der Waals surface area contributed by atoms with Crippen LogP contribution in [0.2, 0.25) is 0 Å². The number of nitrogens with one attached hydrogen (secondary N) is 1. The topological polar surface area (TPSA) is 120 Å². The number of methoxy groups -OCH3 is 2. The minimum Gasteiger partial charge on any atom is -0.467 e. The van der Waals surface area contributed by atoms with Gasteiger partial charge in [-0.15, -0.1) is 4.98 Å². The van der Waals surface area contributed by atoms with Gasteiger partial charge in [0.05, 0.1) is 25.7 Å². The largest absolute Gasteiger partial charge is 0.467 e. The number of rotatable bonds is 7. The second kappa shape index (κ2) is 7.32. The Kier molecular flexibility index (Phi) is 5.42. The van der Waals surface area contributed by atoms with Gasteiger partial charge in [0.15, 0.2) is 11.6 Å². The molecule has 9 nitrogen and oxygen atoms in total. The first-order valence-corrected chi connectivity index (χ1v) is 8.27. The monoisotopic (exact) mass is 352 g/mol. The fourth-order valence-corrected chi connectivity index (χ4v) is 2.79. The Hall–Kier alpha value is -2.59. The van der Waals surface area contributed by atoms with Crippen molar-refractivity contribution in [3.05, 3.63) is 35.7 Å². The highest BCUT2D eigenvalue weighted by atomic mass is 32.2. The summed E-state index contributed by atoms with van der Waals surface area (Å²) >= 11 is 0. The molecule has 0 saturated heterocycles. The summed E-state index contributed by atoms with van der Waals surface area (Å²) in [6.07, 6.45) is 0. The average Bonchev–Trinajstić information content (AvgIpc) is 2.59. The Bertz CT molecular complexity index is 832. The lowest BCUT2D eigenvalue weighted by molar-refractivity contribution is 0.101. The predicted molar refractivity (Wildman–Crippen MR) is 83.4 cm³/mol. The molecule has 2 rings (SSSR count). The van der Waals surface area contributed by atoms with E-state index in [9.17, 15) is 13.2 Å². The van der Waals surface area contributed by atoms with Gasteiger partial charge in [-0.25, -0.2) is 13.1 Å². The van der Waals surface area contributed by atoms with Gasteiger partial charge in [-0.2, -0.15) is 9.97 Å². The molecule has 0 radical (unpaired) electrons. The number of hydrogen-bond acceptors (Lipinski definition) is 8. The highest BCUT2D eigenvalue weighted by Crippen LogP contribution is 2.13. The van der Waals surface area contributed by atoms with Gasteiger partial charge >= 0.3 is 12.0 Å². The van der Waals surface area contributed by atoms with Crippen LogP contribution < -0.4 is 14.2 Å². The highest BCUT2D eigenvalue weighted by molar-refractivity contribution is 7.89. The molecule has 0 aliphatic carbocycles. The molecule has 0 bridgehead atoms. The lowest BCUT2D eigenvalue weighted by Gasteiger charge is -2.08. The van der Waals surface area contributed by atoms with Crippen LogP contribution in [0, 0.1) is 0 Å². The highest BCUT2D eigenvalue weighted by Gasteiger charge is 2.17. The third-order valence-corrected chi connectivity index (χ3v) is 4.38. The van der Waals surface area contributed by atoms with E-state index in [1.165, 1.54) is 39.3 Å². The molecule has 1 heterocycles. The van der Waals surface area contributed by atoms with Crippen LogP contribution >= 0.6 is 0 Å². The van der Waals surface area contributed by atoms with Crippen molar-refractivity contribution < 1.29 is 22.7 Å². The Morgan fingerprint density at radius 1 is 1.12 bits per heavy atom. The lowest BCUT2D eigenvalue weighted by Crippen LogP contribution is -2.25. The Morgan fingerprint density at radius 2 is 1.75 bits per heavy atom. The van der Waals surface area contributed by atoms with E-state index in [0.717, 1.165) is 0 Å². The van der Waals surface area contributed by atoms with Gasteiger partial charge in [0.1, 0.15) is 0 Å². The summed E-state index contributed by atoms with van der Waals surface area (Å²) in [5.41, 5.74) is 0.307. The van der Waals surface area contributed by atoms with Crippen molar-refractivity contribution in [1.29, 1.82) is 0 Å². The fourth-order valence-electron chi connectivity index (χ4n) is 1.76. The van der Waals surface area contributed by atoms with Crippen LogP contribution in [-0.2, 0) is 16.6 Å². The number of carbonyl (C=O) groups is 1. The summed E-state index contributed by atoms with van der Waals surface area (Å²) in [5, 5.41) is 0. The maximum absolute atomic E-state index is 12.3. The molecule has 0 amide bonds. The van der Waals surface area contributed by atoms with Crippen molar-refractivity contribution in [1.82, 2.24) is 19.7 Å². The average molecular weight is 352 g/mol. The first-order chi connectivity index (χ1) is 11.4. The maximum atomic E-state index is 12.3. The lowest BCUT2D eigenvalue weighted by atomic mass is 10.2. The zero-order valence-corrected chi connectivity index (χ0v) is 14.1. The van der Waals surface area contributed by atoms with Crippen molar-refractivity contribution in [3.63, 3.8) is 0 Å². The standard InChI is InChI=1S/C14H16N4O5S/c1-9(19)10-5-4-6-11(7-10)24(20,21)15-8-12-16-13(22-2)18-14(17-12)23-3/h4-7,15H,8H2,1-3H3. The third-order valence-electron chi connectivity index (χ3n) is 2.98. The number of aromatic nitrogens is 3. The van der Waals surface area contributed by atoms with Crippen molar-refractivity contribution in [3.8, 4) is 12.0 Å². The fraction of sp³-hybridized carbons (Fsp3) is 0.286. The van der Waals surface area contributed by atoms with E-state index in [4.69, 9.17) is 9.47 Å². The molecule has 0 unspecified atom stereocenters. The van der Waals surface area contributed by atoms with E-state index in [0.29, 0.717) is 5.56 Å². The van der Waals surface area contributed by atoms with Gasteiger partial charge in [0.2, 0.25) is 10.0 Å². The SMILES string of the molecule is COc1nc(CNS(=O)(=O)c2cccc(C(C)=O)c2)nc(OC)n1. The second-order valence-electron chi connectivity index (χ2n) is 4.63. The molecule has 128 valence electrons. The summed E-state index contributed by atoms with van der Waals surface area (Å²) in [5.74, 6) is -0.0935. The van der Waals surface area contributed by atoms with Crippen LogP contribution in [0.15, 0.2) is 29.2 Å². The van der Waals surface area contributed by atoms with Gasteiger partial charge in [-0.05, 0) is 19.1 Å². The quantitative estimate of drug-likeness (QED) is 0.718. The zero-order valence-electron chi connectivity index (χ0n) is 13.3. The number of Topliss-reactive ketones (excluding diaryl/α,β-unsaturated/α-hetero) is 1. The van der Waals surface area contributed by atoms with E-state index in [2.05, 4.69) is 19.7 Å². The second-order valence-corrected chi connectivity index (χ2v) is 6.40. The molecule has 0 fully saturated rings. The van der Waals surface area contributed by atoms with Crippen LogP contribution in [0.4, 0.5) is 0 Å². The number of carbonyl (C=O) groups excluding carboxylic acids is 1. The Morgan fingerprint density at radius 3 is 2.29 bits per heavy atom. The normalized spacial score (nSPS) is 11.1. The van der Waals surface area contributed by atoms with Gasteiger partial charge in [0.25, 0.3) is 0 Å². The maximum Gasteiger partial charge on any atom is 0.322 e. The molecule has 0 atom stereocenters.